The number of hydrogen-bond acceptors (Lipinski definition) is 13. The summed E-state index contributed by atoms with van der Waals surface area (Å²) in [5.41, 5.74) is 20.2. The maximum Gasteiger partial charge on any atom is 0.163 e. The predicted octanol–water partition coefficient (Wildman–Crippen LogP) is 1.95. The zero-order valence-corrected chi connectivity index (χ0v) is 32.6. The molecule has 5 radical (unpaired) electrons. The first-order valence-corrected chi connectivity index (χ1v) is 12.4. The Balaban J connectivity index is 0. The molecule has 16 nitrogen and oxygen atoms in total. The topological polar surface area (TPSA) is 240 Å². The maximum absolute atomic E-state index is 7.00. The van der Waals surface area contributed by atoms with E-state index in [2.05, 4.69) is 62.7 Å². The number of nitrogens with zero attached hydrogens (tertiary/aromatic N) is 11. The summed E-state index contributed by atoms with van der Waals surface area (Å²) >= 11 is 0. The zero-order chi connectivity index (χ0) is 28.6. The number of anilines is 3. The van der Waals surface area contributed by atoms with Crippen LogP contribution in [0, 0.1) is 12.4 Å². The molecule has 0 bridgehead atoms. The van der Waals surface area contributed by atoms with Gasteiger partial charge in [-0.15, -0.1) is 24.0 Å². The van der Waals surface area contributed by atoms with Crippen molar-refractivity contribution in [2.75, 3.05) is 24.3 Å². The van der Waals surface area contributed by atoms with Crippen LogP contribution < -0.4 is 17.2 Å². The number of aromatic amines is 1. The summed E-state index contributed by atoms with van der Waals surface area (Å²) in [6.45, 7) is 0. The monoisotopic (exact) mass is 878 g/mol. The van der Waals surface area contributed by atoms with E-state index in [-0.39, 0.29) is 105 Å². The molecule has 0 saturated heterocycles. The molecule has 45 heavy (non-hydrogen) atoms. The number of halogens is 1. The Hall–Kier alpha value is -1.99. The molecule has 20 heteroatoms. The minimum atomic E-state index is 0. The van der Waals surface area contributed by atoms with Crippen LogP contribution in [-0.2, 0) is 79.5 Å². The molecule has 6 heterocycles. The van der Waals surface area contributed by atoms with E-state index < -0.39 is 0 Å². The second kappa shape index (κ2) is 21.7. The Kier molecular flexibility index (Phi) is 21.8. The number of fused-ring (bicyclic) bond motifs is 3. The van der Waals surface area contributed by atoms with Gasteiger partial charge in [0, 0.05) is 124 Å². The third kappa shape index (κ3) is 10.8. The minimum Gasteiger partial charge on any atom is -0.434 e. The van der Waals surface area contributed by atoms with Gasteiger partial charge in [0.05, 0.1) is 23.7 Å². The van der Waals surface area contributed by atoms with Crippen LogP contribution in [0.5, 0.6) is 0 Å². The summed E-state index contributed by atoms with van der Waals surface area (Å²) in [6, 6.07) is 0. The minimum absolute atomic E-state index is 0. The molecule has 1 fully saturated rings. The number of nitrogens with one attached hydrogen (secondary N) is 1. The van der Waals surface area contributed by atoms with Crippen molar-refractivity contribution in [2.24, 2.45) is 14.1 Å². The summed E-state index contributed by atoms with van der Waals surface area (Å²) in [7, 11) is 4.70. The van der Waals surface area contributed by atoms with Gasteiger partial charge in [-0.25, -0.2) is 9.97 Å². The van der Waals surface area contributed by atoms with Gasteiger partial charge in [0.2, 0.25) is 0 Å². The summed E-state index contributed by atoms with van der Waals surface area (Å²) in [4.78, 5) is 23.8. The fourth-order valence-corrected chi connectivity index (χ4v) is 4.45. The van der Waals surface area contributed by atoms with E-state index in [9.17, 15) is 0 Å². The van der Waals surface area contributed by atoms with Crippen LogP contribution in [0.1, 0.15) is 51.1 Å². The molecule has 235 valence electrons. The van der Waals surface area contributed by atoms with Crippen LogP contribution in [0.25, 0.3) is 33.1 Å². The number of aryl methyl sites for hydroxylation is 2. The van der Waals surface area contributed by atoms with Crippen LogP contribution >= 0.6 is 24.0 Å². The van der Waals surface area contributed by atoms with Gasteiger partial charge in [0.15, 0.2) is 5.65 Å². The molecule has 0 aliphatic heterocycles. The quantitative estimate of drug-likeness (QED) is 0.0903. The number of aliphatic hydroxyl groups excluding tert-OH is 1. The second-order valence-electron chi connectivity index (χ2n) is 8.81. The van der Waals surface area contributed by atoms with E-state index in [4.69, 9.17) is 22.3 Å². The third-order valence-electron chi connectivity index (χ3n) is 6.35. The Morgan fingerprint density at radius 2 is 1.33 bits per heavy atom. The Bertz CT molecular complexity index is 1710. The molecule has 6 aromatic rings. The fourth-order valence-electron chi connectivity index (χ4n) is 4.45. The molecule has 6 aromatic heterocycles. The van der Waals surface area contributed by atoms with Crippen molar-refractivity contribution < 1.29 is 70.5 Å². The number of aromatic nitrogens is 12. The summed E-state index contributed by atoms with van der Waals surface area (Å²) in [5, 5.41) is 24.0. The molecule has 0 atom stereocenters. The van der Waals surface area contributed by atoms with Crippen LogP contribution in [0.2, 0.25) is 0 Å². The zero-order valence-electron chi connectivity index (χ0n) is 24.6. The molecule has 7 rings (SSSR count). The summed E-state index contributed by atoms with van der Waals surface area (Å²) < 4.78 is 3.42. The average molecular weight is 878 g/mol. The first kappa shape index (κ1) is 45.1. The molecule has 0 amide bonds. The summed E-state index contributed by atoms with van der Waals surface area (Å²) in [6.07, 6.45) is 16.0. The molecule has 1 aliphatic carbocycles. The van der Waals surface area contributed by atoms with Crippen molar-refractivity contribution in [3.05, 3.63) is 37.1 Å². The Morgan fingerprint density at radius 1 is 0.778 bits per heavy atom. The number of aliphatic hydroxyl groups is 1. The van der Waals surface area contributed by atoms with Gasteiger partial charge >= 0.3 is 0 Å². The first-order chi connectivity index (χ1) is 19.4. The van der Waals surface area contributed by atoms with Crippen molar-refractivity contribution >= 4 is 82.9 Å². The van der Waals surface area contributed by atoms with Gasteiger partial charge in [-0.2, -0.15) is 5.10 Å². The van der Waals surface area contributed by atoms with E-state index in [0.717, 1.165) is 23.8 Å². The molecule has 8 N–H and O–H groups in total. The third-order valence-corrected chi connectivity index (χ3v) is 6.35. The van der Waals surface area contributed by atoms with Crippen molar-refractivity contribution in [3.63, 3.8) is 0 Å². The van der Waals surface area contributed by atoms with E-state index in [1.807, 2.05) is 11.7 Å². The molecular formula is C25H36BIN15OY2-2. The number of H-pyrrole nitrogens is 1. The maximum atomic E-state index is 7.00. The van der Waals surface area contributed by atoms with Crippen molar-refractivity contribution in [2.45, 2.75) is 45.4 Å². The van der Waals surface area contributed by atoms with Gasteiger partial charge in [0.25, 0.3) is 0 Å². The second-order valence-corrected chi connectivity index (χ2v) is 8.81. The molecular weight excluding hydrogens is 842 g/mol. The number of nitrogens with two attached hydrogens (primary N) is 3. The number of hydrogen-bond donors (Lipinski definition) is 5. The van der Waals surface area contributed by atoms with E-state index in [1.165, 1.54) is 51.1 Å². The van der Waals surface area contributed by atoms with Crippen LogP contribution in [0.3, 0.4) is 0 Å². The van der Waals surface area contributed by atoms with Gasteiger partial charge in [-0.05, 0) is 25.2 Å². The van der Waals surface area contributed by atoms with Crippen molar-refractivity contribution in [1.29, 1.82) is 0 Å². The molecule has 0 aromatic carbocycles. The van der Waals surface area contributed by atoms with Gasteiger partial charge in [-0.3, -0.25) is 34.8 Å². The van der Waals surface area contributed by atoms with E-state index in [1.54, 1.807) is 11.7 Å². The van der Waals surface area contributed by atoms with E-state index >= 15 is 0 Å². The Morgan fingerprint density at radius 3 is 1.93 bits per heavy atom. The fraction of sp³-hybridized carbons (Fsp3) is 0.400. The average Bonchev–Trinajstić information content (AvgIpc) is 3.71. The number of rotatable bonds is 1. The predicted molar refractivity (Wildman–Crippen MR) is 177 cm³/mol. The van der Waals surface area contributed by atoms with Crippen molar-refractivity contribution in [1.82, 2.24) is 59.7 Å². The molecule has 0 unspecified atom stereocenters. The number of nitrogen functional groups attached to an aromatic ring is 3. The SMILES string of the molecule is C.CO.Cn1n[c-]c2c(N)ncnc21.Cn1nc(C2CCCCC2)c2c(N)ncnc21.I.Nc1ncnc2[nH]n[c-]c12.[B].[Y].[Y]. The van der Waals surface area contributed by atoms with Crippen LogP contribution in [0.15, 0.2) is 19.0 Å². The molecule has 0 spiro atoms. The largest absolute Gasteiger partial charge is 0.434 e. The van der Waals surface area contributed by atoms with Gasteiger partial charge in [0.1, 0.15) is 12.1 Å². The standard InChI is InChI=1S/C12H17N5.C6H6N5.C5H4N5.CH4O.CH4.B.HI.2Y/c1-17-12-9(11(13)14-7-15-12)10(16-17)8-5-3-2-4-6-8;1-11-6-4(2-10-11)5(7)8-3-9-6;6-4-3-1-9-10-5(3)8-2-7-4;1-2;;;;;/h7-8H,2-6H2,1H3,(H2,13,14,15);3H,1H3,(H2,7,8,9);2H,(H3,6,7,8,9,10);2H,1H3;1H4;;1H;;/q;2*-1;;;;;;. The smallest absolute Gasteiger partial charge is 0.163 e. The first-order valence-electron chi connectivity index (χ1n) is 12.4. The van der Waals surface area contributed by atoms with Crippen LogP contribution in [0.4, 0.5) is 17.5 Å². The summed E-state index contributed by atoms with van der Waals surface area (Å²) in [5.74, 6) is 1.91. The van der Waals surface area contributed by atoms with Crippen molar-refractivity contribution in [3.8, 4) is 0 Å². The van der Waals surface area contributed by atoms with Gasteiger partial charge in [-0.1, -0.05) is 37.5 Å². The molecule has 1 aliphatic rings. The normalized spacial score (nSPS) is 11.7. The Labute approximate surface area is 330 Å². The van der Waals surface area contributed by atoms with Gasteiger partial charge < -0.3 is 32.1 Å². The van der Waals surface area contributed by atoms with Crippen LogP contribution in [-0.4, -0.2) is 80.3 Å². The van der Waals surface area contributed by atoms with E-state index in [0.29, 0.717) is 45.4 Å². The molecule has 1 saturated carbocycles.